The maximum atomic E-state index is 10.2. The van der Waals surface area contributed by atoms with E-state index in [1.807, 2.05) is 24.3 Å². The Kier molecular flexibility index (Phi) is 5.94. The molecule has 0 fully saturated rings. The average molecular weight is 249 g/mol. The van der Waals surface area contributed by atoms with E-state index in [2.05, 4.69) is 14.1 Å². The number of carboxylic acid groups (broad SMARTS) is 1. The van der Waals surface area contributed by atoms with Gasteiger partial charge in [-0.3, -0.25) is 0 Å². The lowest BCUT2D eigenvalue weighted by Crippen LogP contribution is -3.05. The molecule has 0 radical (unpaired) electrons. The van der Waals surface area contributed by atoms with E-state index in [-0.39, 0.29) is 0 Å². The quantitative estimate of drug-likeness (QED) is 0.517. The second-order valence-corrected chi connectivity index (χ2v) is 4.38. The molecule has 98 valence electrons. The van der Waals surface area contributed by atoms with Crippen LogP contribution in [0.15, 0.2) is 30.3 Å². The first-order chi connectivity index (χ1) is 8.58. The summed E-state index contributed by atoms with van der Waals surface area (Å²) in [4.78, 5) is 11.6. The Labute approximate surface area is 107 Å². The molecule has 0 unspecified atom stereocenters. The third-order valence-electron chi connectivity index (χ3n) is 2.38. The molecule has 0 aliphatic carbocycles. The summed E-state index contributed by atoms with van der Waals surface area (Å²) in [5.74, 6) is -0.393. The zero-order valence-corrected chi connectivity index (χ0v) is 10.8. The molecule has 18 heavy (non-hydrogen) atoms. The summed E-state index contributed by atoms with van der Waals surface area (Å²) in [6, 6.07) is 7.28. The first-order valence-electron chi connectivity index (χ1n) is 5.99. The van der Waals surface area contributed by atoms with Crippen LogP contribution in [0.3, 0.4) is 0 Å². The second-order valence-electron chi connectivity index (χ2n) is 4.38. The van der Waals surface area contributed by atoms with Crippen molar-refractivity contribution >= 4 is 12.0 Å². The van der Waals surface area contributed by atoms with Gasteiger partial charge in [0.25, 0.3) is 0 Å². The van der Waals surface area contributed by atoms with Gasteiger partial charge in [-0.25, -0.2) is 0 Å². The van der Waals surface area contributed by atoms with E-state index >= 15 is 0 Å². The van der Waals surface area contributed by atoms with Crippen LogP contribution in [-0.2, 0) is 4.79 Å². The van der Waals surface area contributed by atoms with Gasteiger partial charge in [-0.1, -0.05) is 18.2 Å². The summed E-state index contributed by atoms with van der Waals surface area (Å²) in [5, 5.41) is 10.2. The van der Waals surface area contributed by atoms with E-state index in [0.717, 1.165) is 30.4 Å². The van der Waals surface area contributed by atoms with Crippen molar-refractivity contribution in [2.24, 2.45) is 0 Å². The Morgan fingerprint density at radius 3 is 2.56 bits per heavy atom. The van der Waals surface area contributed by atoms with Crippen molar-refractivity contribution in [3.05, 3.63) is 35.9 Å². The summed E-state index contributed by atoms with van der Waals surface area (Å²) in [5.41, 5.74) is 0.810. The standard InChI is InChI=1S/C14H19NO3/c1-15(2)10-3-11-18-13-7-4-12(5-8-13)6-9-14(16)17/h4-9H,3,10-11H2,1-2H3,(H,16,17)/b9-6-. The maximum absolute atomic E-state index is 10.2. The van der Waals surface area contributed by atoms with Crippen LogP contribution in [-0.4, -0.2) is 33.2 Å². The lowest BCUT2D eigenvalue weighted by molar-refractivity contribution is -0.858. The largest absolute Gasteiger partial charge is 0.545 e. The molecule has 4 heteroatoms. The van der Waals surface area contributed by atoms with Crippen LogP contribution in [0, 0.1) is 0 Å². The van der Waals surface area contributed by atoms with Crippen molar-refractivity contribution in [3.8, 4) is 5.75 Å². The van der Waals surface area contributed by atoms with Gasteiger partial charge in [-0.15, -0.1) is 0 Å². The zero-order valence-electron chi connectivity index (χ0n) is 10.8. The summed E-state index contributed by atoms with van der Waals surface area (Å²) in [7, 11) is 4.22. The Bertz CT molecular complexity index is 396. The van der Waals surface area contributed by atoms with Gasteiger partial charge in [-0.2, -0.15) is 0 Å². The van der Waals surface area contributed by atoms with Crippen molar-refractivity contribution in [1.82, 2.24) is 0 Å². The molecule has 1 aromatic rings. The third kappa shape index (κ3) is 6.06. The topological polar surface area (TPSA) is 53.8 Å². The minimum Gasteiger partial charge on any atom is -0.545 e. The number of hydrogen-bond acceptors (Lipinski definition) is 3. The van der Waals surface area contributed by atoms with Crippen molar-refractivity contribution in [3.63, 3.8) is 0 Å². The molecular weight excluding hydrogens is 230 g/mol. The van der Waals surface area contributed by atoms with Crippen LogP contribution in [0.4, 0.5) is 0 Å². The number of benzene rings is 1. The fourth-order valence-electron chi connectivity index (χ4n) is 1.46. The number of hydrogen-bond donors (Lipinski definition) is 1. The fourth-order valence-corrected chi connectivity index (χ4v) is 1.46. The molecule has 0 heterocycles. The highest BCUT2D eigenvalue weighted by Crippen LogP contribution is 2.13. The van der Waals surface area contributed by atoms with Gasteiger partial charge in [0.2, 0.25) is 0 Å². The lowest BCUT2D eigenvalue weighted by atomic mass is 10.2. The number of rotatable bonds is 7. The van der Waals surface area contributed by atoms with Crippen molar-refractivity contribution < 1.29 is 19.5 Å². The normalized spacial score (nSPS) is 11.1. The third-order valence-corrected chi connectivity index (χ3v) is 2.38. The summed E-state index contributed by atoms with van der Waals surface area (Å²) < 4.78 is 5.57. The van der Waals surface area contributed by atoms with Crippen molar-refractivity contribution in [2.45, 2.75) is 6.42 Å². The number of ether oxygens (including phenoxy) is 1. The minimum absolute atomic E-state index is 0.694. The number of carbonyl (C=O) groups excluding carboxylic acids is 1. The predicted molar refractivity (Wildman–Crippen MR) is 68.3 cm³/mol. The summed E-state index contributed by atoms with van der Waals surface area (Å²) >= 11 is 0. The number of quaternary nitrogens is 1. The Balaban J connectivity index is 2.38. The van der Waals surface area contributed by atoms with E-state index in [0.29, 0.717) is 6.61 Å². The molecule has 0 saturated carbocycles. The first kappa shape index (κ1) is 14.3. The molecule has 1 N–H and O–H groups in total. The van der Waals surface area contributed by atoms with E-state index < -0.39 is 5.97 Å². The van der Waals surface area contributed by atoms with Crippen LogP contribution in [0.1, 0.15) is 12.0 Å². The Morgan fingerprint density at radius 2 is 2.00 bits per heavy atom. The molecule has 0 atom stereocenters. The highest BCUT2D eigenvalue weighted by molar-refractivity contribution is 5.83. The van der Waals surface area contributed by atoms with Gasteiger partial charge >= 0.3 is 0 Å². The minimum atomic E-state index is -1.19. The predicted octanol–water partition coefficient (Wildman–Crippen LogP) is -0.637. The molecule has 0 amide bonds. The lowest BCUT2D eigenvalue weighted by Gasteiger charge is -2.08. The van der Waals surface area contributed by atoms with Gasteiger partial charge in [0.1, 0.15) is 5.75 Å². The van der Waals surface area contributed by atoms with Crippen LogP contribution in [0.25, 0.3) is 6.08 Å². The van der Waals surface area contributed by atoms with Gasteiger partial charge < -0.3 is 19.5 Å². The molecule has 0 aliphatic rings. The first-order valence-corrected chi connectivity index (χ1v) is 5.99. The molecule has 1 rings (SSSR count). The van der Waals surface area contributed by atoms with E-state index in [1.54, 1.807) is 0 Å². The highest BCUT2D eigenvalue weighted by atomic mass is 16.5. The van der Waals surface area contributed by atoms with Crippen molar-refractivity contribution in [1.29, 1.82) is 0 Å². The molecule has 0 aliphatic heterocycles. The zero-order chi connectivity index (χ0) is 13.4. The van der Waals surface area contributed by atoms with Gasteiger partial charge in [0, 0.05) is 6.42 Å². The summed E-state index contributed by atoms with van der Waals surface area (Å²) in [6.45, 7) is 1.77. The number of aliphatic carboxylic acids is 1. The fraction of sp³-hybridized carbons (Fsp3) is 0.357. The van der Waals surface area contributed by atoms with Crippen LogP contribution in [0.5, 0.6) is 5.75 Å². The number of carbonyl (C=O) groups is 1. The highest BCUT2D eigenvalue weighted by Gasteiger charge is 1.96. The summed E-state index contributed by atoms with van der Waals surface area (Å²) in [6.07, 6.45) is 3.51. The average Bonchev–Trinajstić information content (AvgIpc) is 2.33. The second kappa shape index (κ2) is 7.50. The molecule has 1 aromatic carbocycles. The SMILES string of the molecule is C[NH+](C)CCCOc1ccc(/C=C\C(=O)[O-])cc1. The molecule has 0 aromatic heterocycles. The Hall–Kier alpha value is -1.81. The van der Waals surface area contributed by atoms with Crippen LogP contribution in [0.2, 0.25) is 0 Å². The molecule has 0 spiro atoms. The van der Waals surface area contributed by atoms with E-state index in [9.17, 15) is 9.90 Å². The smallest absolute Gasteiger partial charge is 0.119 e. The van der Waals surface area contributed by atoms with Gasteiger partial charge in [0.15, 0.2) is 0 Å². The van der Waals surface area contributed by atoms with Crippen molar-refractivity contribution in [2.75, 3.05) is 27.2 Å². The maximum Gasteiger partial charge on any atom is 0.119 e. The van der Waals surface area contributed by atoms with E-state index in [1.165, 1.54) is 11.0 Å². The molecule has 4 nitrogen and oxygen atoms in total. The molecule has 0 saturated heterocycles. The number of carboxylic acids is 1. The monoisotopic (exact) mass is 249 g/mol. The van der Waals surface area contributed by atoms with Gasteiger partial charge in [0.05, 0.1) is 33.2 Å². The van der Waals surface area contributed by atoms with E-state index in [4.69, 9.17) is 4.74 Å². The van der Waals surface area contributed by atoms with Gasteiger partial charge in [-0.05, 0) is 23.8 Å². The van der Waals surface area contributed by atoms with Crippen LogP contribution >= 0.6 is 0 Å². The Morgan fingerprint density at radius 1 is 1.33 bits per heavy atom. The molecule has 0 bridgehead atoms. The van der Waals surface area contributed by atoms with Crippen LogP contribution < -0.4 is 14.7 Å². The molecular formula is C14H19NO3. The number of nitrogens with one attached hydrogen (secondary N) is 1.